The van der Waals surface area contributed by atoms with E-state index >= 15 is 0 Å². The smallest absolute Gasteiger partial charge is 0.263 e. The van der Waals surface area contributed by atoms with Gasteiger partial charge >= 0.3 is 0 Å². The van der Waals surface area contributed by atoms with E-state index < -0.39 is 0 Å². The summed E-state index contributed by atoms with van der Waals surface area (Å²) in [5, 5.41) is 4.85. The van der Waals surface area contributed by atoms with Crippen LogP contribution in [-0.2, 0) is 4.79 Å². The van der Waals surface area contributed by atoms with Gasteiger partial charge < -0.3 is 10.2 Å². The summed E-state index contributed by atoms with van der Waals surface area (Å²) in [5.74, 6) is -0.168. The Labute approximate surface area is 147 Å². The topological polar surface area (TPSA) is 49.4 Å². The van der Waals surface area contributed by atoms with Gasteiger partial charge in [0.2, 0.25) is 5.91 Å². The summed E-state index contributed by atoms with van der Waals surface area (Å²) in [6.07, 6.45) is 1.66. The van der Waals surface area contributed by atoms with Gasteiger partial charge in [0.15, 0.2) is 0 Å². The average molecular weight is 393 g/mol. The summed E-state index contributed by atoms with van der Waals surface area (Å²) in [6, 6.07) is 11.2. The van der Waals surface area contributed by atoms with Crippen molar-refractivity contribution in [1.29, 1.82) is 0 Å². The summed E-state index contributed by atoms with van der Waals surface area (Å²) in [4.78, 5) is 27.5. The number of para-hydroxylation sites is 1. The quantitative estimate of drug-likeness (QED) is 0.857. The minimum absolute atomic E-state index is 0.0263. The minimum Gasteiger partial charge on any atom is -0.337 e. The number of amides is 2. The van der Waals surface area contributed by atoms with E-state index in [1.54, 1.807) is 4.90 Å². The molecule has 1 fully saturated rings. The zero-order chi connectivity index (χ0) is 16.2. The molecule has 0 aliphatic carbocycles. The van der Waals surface area contributed by atoms with Crippen LogP contribution in [0.15, 0.2) is 46.3 Å². The lowest BCUT2D eigenvalue weighted by Gasteiger charge is -2.31. The number of rotatable bonds is 3. The van der Waals surface area contributed by atoms with Crippen molar-refractivity contribution < 1.29 is 9.59 Å². The number of piperidine rings is 1. The molecule has 1 unspecified atom stereocenters. The fourth-order valence-electron chi connectivity index (χ4n) is 2.73. The zero-order valence-corrected chi connectivity index (χ0v) is 14.9. The highest BCUT2D eigenvalue weighted by atomic mass is 79.9. The summed E-state index contributed by atoms with van der Waals surface area (Å²) >= 11 is 4.87. The van der Waals surface area contributed by atoms with Crippen molar-refractivity contribution in [1.82, 2.24) is 4.90 Å². The molecule has 1 saturated heterocycles. The third-order valence-electron chi connectivity index (χ3n) is 3.94. The minimum atomic E-state index is -0.167. The molecule has 0 bridgehead atoms. The lowest BCUT2D eigenvalue weighted by molar-refractivity contribution is -0.121. The first-order valence-corrected chi connectivity index (χ1v) is 9.20. The molecule has 23 heavy (non-hydrogen) atoms. The Morgan fingerprint density at radius 2 is 2.04 bits per heavy atom. The van der Waals surface area contributed by atoms with Gasteiger partial charge in [-0.25, -0.2) is 0 Å². The van der Waals surface area contributed by atoms with Gasteiger partial charge in [0.05, 0.1) is 16.5 Å². The van der Waals surface area contributed by atoms with Crippen molar-refractivity contribution in [2.24, 2.45) is 5.92 Å². The lowest BCUT2D eigenvalue weighted by Crippen LogP contribution is -2.43. The molecule has 2 amide bonds. The van der Waals surface area contributed by atoms with E-state index in [-0.39, 0.29) is 17.7 Å². The Morgan fingerprint density at radius 3 is 2.78 bits per heavy atom. The van der Waals surface area contributed by atoms with E-state index in [0.29, 0.717) is 6.54 Å². The molecule has 1 aliphatic heterocycles. The van der Waals surface area contributed by atoms with Crippen LogP contribution in [0.2, 0.25) is 0 Å². The molecule has 0 radical (unpaired) electrons. The van der Waals surface area contributed by atoms with Gasteiger partial charge in [-0.3, -0.25) is 9.59 Å². The van der Waals surface area contributed by atoms with Crippen LogP contribution in [0, 0.1) is 5.92 Å². The van der Waals surface area contributed by atoms with Gasteiger partial charge in [-0.2, -0.15) is 0 Å². The van der Waals surface area contributed by atoms with Gasteiger partial charge in [-0.15, -0.1) is 11.3 Å². The van der Waals surface area contributed by atoms with Gasteiger partial charge in [-0.05, 0) is 52.4 Å². The largest absolute Gasteiger partial charge is 0.337 e. The number of benzene rings is 1. The van der Waals surface area contributed by atoms with Crippen LogP contribution in [0.5, 0.6) is 0 Å². The van der Waals surface area contributed by atoms with Gasteiger partial charge in [0, 0.05) is 17.6 Å². The van der Waals surface area contributed by atoms with Crippen LogP contribution in [0.25, 0.3) is 0 Å². The number of nitrogens with zero attached hydrogens (tertiary/aromatic N) is 1. The molecule has 1 aromatic heterocycles. The SMILES string of the molecule is O=C(Nc1ccccc1Br)C1CCCN(C(=O)c2cccs2)C1. The zero-order valence-electron chi connectivity index (χ0n) is 12.5. The highest BCUT2D eigenvalue weighted by Crippen LogP contribution is 2.25. The second kappa shape index (κ2) is 7.27. The third kappa shape index (κ3) is 3.82. The molecule has 1 N–H and O–H groups in total. The number of carbonyl (C=O) groups is 2. The summed E-state index contributed by atoms with van der Waals surface area (Å²) in [5.41, 5.74) is 0.763. The third-order valence-corrected chi connectivity index (χ3v) is 5.49. The molecule has 2 heterocycles. The van der Waals surface area contributed by atoms with E-state index in [1.165, 1.54) is 11.3 Å². The number of hydrogen-bond donors (Lipinski definition) is 1. The number of hydrogen-bond acceptors (Lipinski definition) is 3. The van der Waals surface area contributed by atoms with E-state index in [0.717, 1.165) is 34.4 Å². The molecule has 1 atom stereocenters. The van der Waals surface area contributed by atoms with Crippen LogP contribution in [-0.4, -0.2) is 29.8 Å². The molecule has 6 heteroatoms. The normalized spacial score (nSPS) is 17.8. The fraction of sp³-hybridized carbons (Fsp3) is 0.294. The molecule has 3 rings (SSSR count). The van der Waals surface area contributed by atoms with Crippen LogP contribution in [0.1, 0.15) is 22.5 Å². The second-order valence-electron chi connectivity index (χ2n) is 5.54. The molecule has 4 nitrogen and oxygen atoms in total. The van der Waals surface area contributed by atoms with Crippen molar-refractivity contribution in [3.63, 3.8) is 0 Å². The Hall–Kier alpha value is -1.66. The van der Waals surface area contributed by atoms with E-state index in [9.17, 15) is 9.59 Å². The molecule has 1 aromatic carbocycles. The molecule has 1 aliphatic rings. The summed E-state index contributed by atoms with van der Waals surface area (Å²) in [7, 11) is 0. The van der Waals surface area contributed by atoms with Crippen LogP contribution in [0.4, 0.5) is 5.69 Å². The molecular weight excluding hydrogens is 376 g/mol. The first-order valence-electron chi connectivity index (χ1n) is 7.53. The fourth-order valence-corrected chi connectivity index (χ4v) is 3.80. The van der Waals surface area contributed by atoms with Crippen molar-refractivity contribution in [3.05, 3.63) is 51.1 Å². The van der Waals surface area contributed by atoms with Crippen molar-refractivity contribution in [2.75, 3.05) is 18.4 Å². The maximum Gasteiger partial charge on any atom is 0.263 e. The molecule has 0 saturated carbocycles. The number of likely N-dealkylation sites (tertiary alicyclic amines) is 1. The van der Waals surface area contributed by atoms with Crippen molar-refractivity contribution >= 4 is 44.8 Å². The Bertz CT molecular complexity index is 702. The highest BCUT2D eigenvalue weighted by Gasteiger charge is 2.29. The summed E-state index contributed by atoms with van der Waals surface area (Å²) in [6.45, 7) is 1.20. The summed E-state index contributed by atoms with van der Waals surface area (Å²) < 4.78 is 0.857. The van der Waals surface area contributed by atoms with E-state index in [2.05, 4.69) is 21.2 Å². The number of thiophene rings is 1. The van der Waals surface area contributed by atoms with Crippen LogP contribution in [0.3, 0.4) is 0 Å². The van der Waals surface area contributed by atoms with Crippen LogP contribution < -0.4 is 5.32 Å². The monoisotopic (exact) mass is 392 g/mol. The van der Waals surface area contributed by atoms with Crippen molar-refractivity contribution in [3.8, 4) is 0 Å². The van der Waals surface area contributed by atoms with E-state index in [4.69, 9.17) is 0 Å². The molecule has 2 aromatic rings. The molecular formula is C17H17BrN2O2S. The Balaban J connectivity index is 1.65. The Morgan fingerprint density at radius 1 is 1.22 bits per heavy atom. The number of anilines is 1. The maximum absolute atomic E-state index is 12.5. The highest BCUT2D eigenvalue weighted by molar-refractivity contribution is 9.10. The van der Waals surface area contributed by atoms with Crippen molar-refractivity contribution in [2.45, 2.75) is 12.8 Å². The number of carbonyl (C=O) groups excluding carboxylic acids is 2. The first kappa shape index (κ1) is 16.2. The standard InChI is InChI=1S/C17H17BrN2O2S/c18-13-6-1-2-7-14(13)19-16(21)12-5-3-9-20(11-12)17(22)15-8-4-10-23-15/h1-2,4,6-8,10,12H,3,5,9,11H2,(H,19,21). The second-order valence-corrected chi connectivity index (χ2v) is 7.34. The number of halogens is 1. The van der Waals surface area contributed by atoms with Gasteiger partial charge in [0.1, 0.15) is 0 Å². The van der Waals surface area contributed by atoms with Crippen LogP contribution >= 0.6 is 27.3 Å². The van der Waals surface area contributed by atoms with Gasteiger partial charge in [0.25, 0.3) is 5.91 Å². The average Bonchev–Trinajstić information content (AvgIpc) is 3.11. The molecule has 120 valence electrons. The molecule has 0 spiro atoms. The predicted molar refractivity (Wildman–Crippen MR) is 95.7 cm³/mol. The maximum atomic E-state index is 12.5. The number of nitrogens with one attached hydrogen (secondary N) is 1. The van der Waals surface area contributed by atoms with E-state index in [1.807, 2.05) is 41.8 Å². The predicted octanol–water partition coefficient (Wildman–Crippen LogP) is 4.00. The Kier molecular flexibility index (Phi) is 5.13. The first-order chi connectivity index (χ1) is 11.1. The van der Waals surface area contributed by atoms with Gasteiger partial charge in [-0.1, -0.05) is 18.2 Å². The lowest BCUT2D eigenvalue weighted by atomic mass is 9.97.